The van der Waals surface area contributed by atoms with E-state index in [1.807, 2.05) is 13.0 Å². The van der Waals surface area contributed by atoms with Crippen LogP contribution in [0.15, 0.2) is 24.3 Å². The number of hydrogen-bond acceptors (Lipinski definition) is 3. The molecule has 1 N–H and O–H groups in total. The molecule has 0 aliphatic rings. The van der Waals surface area contributed by atoms with Gasteiger partial charge in [-0.1, -0.05) is 12.1 Å². The highest BCUT2D eigenvalue weighted by molar-refractivity contribution is 5.97. The Bertz CT molecular complexity index is 352. The van der Waals surface area contributed by atoms with Crippen LogP contribution in [0.1, 0.15) is 17.3 Å². The lowest BCUT2D eigenvalue weighted by Crippen LogP contribution is -2.35. The molecule has 0 aliphatic heterocycles. The first-order chi connectivity index (χ1) is 7.69. The molecule has 0 aliphatic carbocycles. The number of carbonyl (C=O) groups excluding carboxylic acids is 1. The second kappa shape index (κ2) is 6.12. The van der Waals surface area contributed by atoms with E-state index in [2.05, 4.69) is 5.32 Å². The van der Waals surface area contributed by atoms with Crippen molar-refractivity contribution in [1.82, 2.24) is 5.32 Å². The number of hydrogen-bond donors (Lipinski definition) is 1. The maximum atomic E-state index is 11.9. The van der Waals surface area contributed by atoms with Gasteiger partial charge in [-0.3, -0.25) is 4.79 Å². The maximum Gasteiger partial charge on any atom is 0.255 e. The van der Waals surface area contributed by atoms with E-state index in [-0.39, 0.29) is 11.9 Å². The molecule has 1 amide bonds. The molecule has 4 nitrogen and oxygen atoms in total. The molecule has 0 fully saturated rings. The molecule has 0 aromatic heterocycles. The Morgan fingerprint density at radius 1 is 1.38 bits per heavy atom. The Balaban J connectivity index is 2.72. The van der Waals surface area contributed by atoms with Gasteiger partial charge in [0.2, 0.25) is 0 Å². The second-order valence-corrected chi connectivity index (χ2v) is 3.53. The third-order valence-corrected chi connectivity index (χ3v) is 2.15. The third kappa shape index (κ3) is 3.24. The van der Waals surface area contributed by atoms with Gasteiger partial charge in [0.05, 0.1) is 19.3 Å². The van der Waals surface area contributed by atoms with Crippen LogP contribution in [-0.2, 0) is 4.74 Å². The van der Waals surface area contributed by atoms with Crippen molar-refractivity contribution in [3.63, 3.8) is 0 Å². The molecule has 1 atom stereocenters. The molecular weight excluding hydrogens is 206 g/mol. The number of para-hydroxylation sites is 1. The third-order valence-electron chi connectivity index (χ3n) is 2.15. The van der Waals surface area contributed by atoms with E-state index in [0.29, 0.717) is 17.9 Å². The second-order valence-electron chi connectivity index (χ2n) is 3.53. The van der Waals surface area contributed by atoms with E-state index in [4.69, 9.17) is 9.47 Å². The van der Waals surface area contributed by atoms with Gasteiger partial charge < -0.3 is 14.8 Å². The summed E-state index contributed by atoms with van der Waals surface area (Å²) in [5.74, 6) is 0.423. The summed E-state index contributed by atoms with van der Waals surface area (Å²) in [6, 6.07) is 7.10. The topological polar surface area (TPSA) is 47.6 Å². The first-order valence-electron chi connectivity index (χ1n) is 5.12. The largest absolute Gasteiger partial charge is 0.496 e. The summed E-state index contributed by atoms with van der Waals surface area (Å²) in [7, 11) is 3.15. The molecule has 1 rings (SSSR count). The highest BCUT2D eigenvalue weighted by atomic mass is 16.5. The predicted octanol–water partition coefficient (Wildman–Crippen LogP) is 1.46. The van der Waals surface area contributed by atoms with Gasteiger partial charge in [0, 0.05) is 13.2 Å². The Morgan fingerprint density at radius 2 is 2.06 bits per heavy atom. The van der Waals surface area contributed by atoms with Crippen molar-refractivity contribution in [2.24, 2.45) is 0 Å². The molecule has 0 spiro atoms. The summed E-state index contributed by atoms with van der Waals surface area (Å²) >= 11 is 0. The highest BCUT2D eigenvalue weighted by Gasteiger charge is 2.13. The minimum absolute atomic E-state index is 0.0255. The van der Waals surface area contributed by atoms with Crippen LogP contribution in [0.25, 0.3) is 0 Å². The maximum absolute atomic E-state index is 11.9. The molecular formula is C12H17NO3. The summed E-state index contributed by atoms with van der Waals surface area (Å²) < 4.78 is 10.1. The molecule has 0 heterocycles. The van der Waals surface area contributed by atoms with Gasteiger partial charge in [-0.05, 0) is 19.1 Å². The van der Waals surface area contributed by atoms with Crippen LogP contribution in [0, 0.1) is 0 Å². The zero-order valence-corrected chi connectivity index (χ0v) is 9.82. The van der Waals surface area contributed by atoms with E-state index in [1.54, 1.807) is 32.4 Å². The average molecular weight is 223 g/mol. The molecule has 4 heteroatoms. The van der Waals surface area contributed by atoms with Crippen molar-refractivity contribution in [2.75, 3.05) is 20.8 Å². The van der Waals surface area contributed by atoms with Gasteiger partial charge in [0.15, 0.2) is 0 Å². The Morgan fingerprint density at radius 3 is 2.69 bits per heavy atom. The Labute approximate surface area is 95.6 Å². The monoisotopic (exact) mass is 223 g/mol. The number of ether oxygens (including phenoxy) is 2. The summed E-state index contributed by atoms with van der Waals surface area (Å²) in [5.41, 5.74) is 0.535. The first kappa shape index (κ1) is 12.5. The normalized spacial score (nSPS) is 11.9. The predicted molar refractivity (Wildman–Crippen MR) is 61.8 cm³/mol. The minimum Gasteiger partial charge on any atom is -0.496 e. The molecule has 0 radical (unpaired) electrons. The number of carbonyl (C=O) groups is 1. The molecule has 1 aromatic rings. The van der Waals surface area contributed by atoms with Crippen molar-refractivity contribution >= 4 is 5.91 Å². The number of rotatable bonds is 5. The Kier molecular flexibility index (Phi) is 4.79. The molecule has 88 valence electrons. The lowest BCUT2D eigenvalue weighted by molar-refractivity contribution is 0.0902. The highest BCUT2D eigenvalue weighted by Crippen LogP contribution is 2.16. The van der Waals surface area contributed by atoms with Crippen molar-refractivity contribution in [2.45, 2.75) is 13.0 Å². The fraction of sp³-hybridized carbons (Fsp3) is 0.417. The van der Waals surface area contributed by atoms with Gasteiger partial charge in [-0.25, -0.2) is 0 Å². The van der Waals surface area contributed by atoms with E-state index in [9.17, 15) is 4.79 Å². The van der Waals surface area contributed by atoms with Crippen LogP contribution in [0.3, 0.4) is 0 Å². The number of nitrogens with one attached hydrogen (secondary N) is 1. The van der Waals surface area contributed by atoms with Crippen LogP contribution in [0.5, 0.6) is 5.75 Å². The SMILES string of the molecule is COCC(C)NC(=O)c1ccccc1OC. The smallest absolute Gasteiger partial charge is 0.255 e. The van der Waals surface area contributed by atoms with Gasteiger partial charge in [0.1, 0.15) is 5.75 Å². The van der Waals surface area contributed by atoms with Crippen molar-refractivity contribution in [3.8, 4) is 5.75 Å². The van der Waals surface area contributed by atoms with Crippen LogP contribution in [-0.4, -0.2) is 32.8 Å². The summed E-state index contributed by atoms with van der Waals surface area (Å²) in [5, 5.41) is 2.83. The van der Waals surface area contributed by atoms with Gasteiger partial charge >= 0.3 is 0 Å². The van der Waals surface area contributed by atoms with Gasteiger partial charge in [-0.15, -0.1) is 0 Å². The van der Waals surface area contributed by atoms with Crippen LogP contribution in [0.2, 0.25) is 0 Å². The molecule has 16 heavy (non-hydrogen) atoms. The van der Waals surface area contributed by atoms with E-state index in [1.165, 1.54) is 0 Å². The fourth-order valence-electron chi connectivity index (χ4n) is 1.43. The van der Waals surface area contributed by atoms with Crippen LogP contribution in [0.4, 0.5) is 0 Å². The molecule has 0 bridgehead atoms. The summed E-state index contributed by atoms with van der Waals surface area (Å²) in [4.78, 5) is 11.9. The van der Waals surface area contributed by atoms with Crippen molar-refractivity contribution in [3.05, 3.63) is 29.8 Å². The number of benzene rings is 1. The quantitative estimate of drug-likeness (QED) is 0.822. The molecule has 0 saturated carbocycles. The fourth-order valence-corrected chi connectivity index (χ4v) is 1.43. The summed E-state index contributed by atoms with van der Waals surface area (Å²) in [6.07, 6.45) is 0. The summed E-state index contributed by atoms with van der Waals surface area (Å²) in [6.45, 7) is 2.37. The minimum atomic E-state index is -0.151. The lowest BCUT2D eigenvalue weighted by Gasteiger charge is -2.14. The lowest BCUT2D eigenvalue weighted by atomic mass is 10.2. The van der Waals surface area contributed by atoms with Gasteiger partial charge in [0.25, 0.3) is 5.91 Å². The van der Waals surface area contributed by atoms with Crippen LogP contribution < -0.4 is 10.1 Å². The standard InChI is InChI=1S/C12H17NO3/c1-9(8-15-2)13-12(14)10-6-4-5-7-11(10)16-3/h4-7,9H,8H2,1-3H3,(H,13,14). The van der Waals surface area contributed by atoms with E-state index >= 15 is 0 Å². The number of amides is 1. The Hall–Kier alpha value is -1.55. The first-order valence-corrected chi connectivity index (χ1v) is 5.12. The van der Waals surface area contributed by atoms with E-state index < -0.39 is 0 Å². The zero-order chi connectivity index (χ0) is 12.0. The average Bonchev–Trinajstić information content (AvgIpc) is 2.29. The number of methoxy groups -OCH3 is 2. The molecule has 1 aromatic carbocycles. The molecule has 1 unspecified atom stereocenters. The van der Waals surface area contributed by atoms with Crippen molar-refractivity contribution in [1.29, 1.82) is 0 Å². The van der Waals surface area contributed by atoms with E-state index in [0.717, 1.165) is 0 Å². The van der Waals surface area contributed by atoms with Gasteiger partial charge in [-0.2, -0.15) is 0 Å². The zero-order valence-electron chi connectivity index (χ0n) is 9.82. The van der Waals surface area contributed by atoms with Crippen LogP contribution >= 0.6 is 0 Å². The molecule has 0 saturated heterocycles. The van der Waals surface area contributed by atoms with Crippen molar-refractivity contribution < 1.29 is 14.3 Å².